The maximum atomic E-state index is 12.7. The SMILES string of the molecule is COc1cc2[nH]c(=O)n(CCCCC(=O)NC3CC3)c(=O)c2cc1OC. The summed E-state index contributed by atoms with van der Waals surface area (Å²) < 4.78 is 11.6. The Hall–Kier alpha value is -2.77. The van der Waals surface area contributed by atoms with Gasteiger partial charge in [-0.2, -0.15) is 0 Å². The van der Waals surface area contributed by atoms with Crippen LogP contribution in [0.3, 0.4) is 0 Å². The summed E-state index contributed by atoms with van der Waals surface area (Å²) >= 11 is 0. The number of carbonyl (C=O) groups excluding carboxylic acids is 1. The van der Waals surface area contributed by atoms with Crippen molar-refractivity contribution in [2.24, 2.45) is 0 Å². The van der Waals surface area contributed by atoms with Crippen LogP contribution in [-0.4, -0.2) is 35.7 Å². The lowest BCUT2D eigenvalue weighted by molar-refractivity contribution is -0.121. The third-order valence-corrected chi connectivity index (χ3v) is 4.46. The van der Waals surface area contributed by atoms with E-state index in [2.05, 4.69) is 10.3 Å². The topological polar surface area (TPSA) is 102 Å². The van der Waals surface area contributed by atoms with Gasteiger partial charge in [0.15, 0.2) is 11.5 Å². The van der Waals surface area contributed by atoms with Crippen molar-refractivity contribution in [3.8, 4) is 11.5 Å². The summed E-state index contributed by atoms with van der Waals surface area (Å²) in [7, 11) is 2.98. The lowest BCUT2D eigenvalue weighted by Gasteiger charge is -2.10. The highest BCUT2D eigenvalue weighted by atomic mass is 16.5. The highest BCUT2D eigenvalue weighted by Gasteiger charge is 2.22. The van der Waals surface area contributed by atoms with E-state index in [1.807, 2.05) is 0 Å². The molecule has 0 unspecified atom stereocenters. The molecular weight excluding hydrogens is 338 g/mol. The molecule has 26 heavy (non-hydrogen) atoms. The Morgan fingerprint density at radius 1 is 1.19 bits per heavy atom. The van der Waals surface area contributed by atoms with Crippen molar-refractivity contribution in [2.75, 3.05) is 14.2 Å². The lowest BCUT2D eigenvalue weighted by atomic mass is 10.2. The van der Waals surface area contributed by atoms with Crippen LogP contribution >= 0.6 is 0 Å². The zero-order valence-corrected chi connectivity index (χ0v) is 15.0. The summed E-state index contributed by atoms with van der Waals surface area (Å²) in [4.78, 5) is 39.3. The van der Waals surface area contributed by atoms with Gasteiger partial charge in [0.1, 0.15) is 0 Å². The predicted molar refractivity (Wildman–Crippen MR) is 96.9 cm³/mol. The molecule has 1 aromatic heterocycles. The molecule has 1 aliphatic carbocycles. The molecule has 0 spiro atoms. The summed E-state index contributed by atoms with van der Waals surface area (Å²) in [5, 5.41) is 3.28. The Morgan fingerprint density at radius 3 is 2.54 bits per heavy atom. The monoisotopic (exact) mass is 361 g/mol. The van der Waals surface area contributed by atoms with Gasteiger partial charge in [-0.15, -0.1) is 0 Å². The number of ether oxygens (including phenoxy) is 2. The minimum Gasteiger partial charge on any atom is -0.493 e. The van der Waals surface area contributed by atoms with E-state index in [1.165, 1.54) is 14.2 Å². The van der Waals surface area contributed by atoms with Gasteiger partial charge in [0.2, 0.25) is 5.91 Å². The molecule has 1 amide bonds. The molecule has 1 heterocycles. The van der Waals surface area contributed by atoms with Gasteiger partial charge in [-0.05, 0) is 31.7 Å². The number of carbonyl (C=O) groups is 1. The molecular formula is C18H23N3O5. The molecule has 0 saturated heterocycles. The summed E-state index contributed by atoms with van der Waals surface area (Å²) in [5.74, 6) is 0.894. The molecule has 1 aromatic carbocycles. The van der Waals surface area contributed by atoms with Crippen molar-refractivity contribution in [3.63, 3.8) is 0 Å². The maximum absolute atomic E-state index is 12.7. The molecule has 1 aliphatic rings. The van der Waals surface area contributed by atoms with Crippen LogP contribution in [0.4, 0.5) is 0 Å². The van der Waals surface area contributed by atoms with E-state index >= 15 is 0 Å². The average molecular weight is 361 g/mol. The fraction of sp³-hybridized carbons (Fsp3) is 0.500. The van der Waals surface area contributed by atoms with Crippen molar-refractivity contribution in [1.82, 2.24) is 14.9 Å². The number of amides is 1. The molecule has 0 aliphatic heterocycles. The van der Waals surface area contributed by atoms with Crippen molar-refractivity contribution < 1.29 is 14.3 Å². The van der Waals surface area contributed by atoms with Crippen molar-refractivity contribution in [3.05, 3.63) is 33.0 Å². The normalized spacial score (nSPS) is 13.6. The van der Waals surface area contributed by atoms with Gasteiger partial charge in [-0.1, -0.05) is 0 Å². The molecule has 1 fully saturated rings. The van der Waals surface area contributed by atoms with Crippen LogP contribution in [0, 0.1) is 0 Å². The van der Waals surface area contributed by atoms with Gasteiger partial charge < -0.3 is 19.8 Å². The van der Waals surface area contributed by atoms with Gasteiger partial charge in [0.05, 0.1) is 25.1 Å². The molecule has 2 N–H and O–H groups in total. The number of hydrogen-bond acceptors (Lipinski definition) is 5. The summed E-state index contributed by atoms with van der Waals surface area (Å²) in [6.07, 6.45) is 3.71. The van der Waals surface area contributed by atoms with Gasteiger partial charge >= 0.3 is 5.69 Å². The first kappa shape index (κ1) is 18.0. The maximum Gasteiger partial charge on any atom is 0.328 e. The zero-order chi connectivity index (χ0) is 18.7. The van der Waals surface area contributed by atoms with E-state index in [9.17, 15) is 14.4 Å². The van der Waals surface area contributed by atoms with Crippen LogP contribution in [0.25, 0.3) is 10.9 Å². The molecule has 1 saturated carbocycles. The van der Waals surface area contributed by atoms with Crippen molar-refractivity contribution >= 4 is 16.8 Å². The Bertz CT molecular complexity index is 927. The fourth-order valence-corrected chi connectivity index (χ4v) is 2.87. The zero-order valence-electron chi connectivity index (χ0n) is 15.0. The number of hydrogen-bond donors (Lipinski definition) is 2. The minimum atomic E-state index is -0.475. The van der Waals surface area contributed by atoms with Crippen LogP contribution in [-0.2, 0) is 11.3 Å². The standard InChI is InChI=1S/C18H23N3O5/c1-25-14-9-12-13(10-15(14)26-2)20-18(24)21(17(12)23)8-4-3-5-16(22)19-11-6-7-11/h9-11H,3-8H2,1-2H3,(H,19,22)(H,20,24). The molecule has 140 valence electrons. The number of methoxy groups -OCH3 is 2. The van der Waals surface area contributed by atoms with Gasteiger partial charge in [-0.3, -0.25) is 14.2 Å². The van der Waals surface area contributed by atoms with E-state index in [0.717, 1.165) is 17.4 Å². The molecule has 0 radical (unpaired) electrons. The highest BCUT2D eigenvalue weighted by Crippen LogP contribution is 2.29. The molecule has 2 aromatic rings. The van der Waals surface area contributed by atoms with Crippen LogP contribution in [0.15, 0.2) is 21.7 Å². The predicted octanol–water partition coefficient (Wildman–Crippen LogP) is 1.16. The fourth-order valence-electron chi connectivity index (χ4n) is 2.87. The number of aromatic nitrogens is 2. The molecule has 8 heteroatoms. The number of nitrogens with zero attached hydrogens (tertiary/aromatic N) is 1. The number of unbranched alkanes of at least 4 members (excludes halogenated alkanes) is 1. The molecule has 0 bridgehead atoms. The summed E-state index contributed by atoms with van der Waals surface area (Å²) in [5.41, 5.74) is -0.456. The summed E-state index contributed by atoms with van der Waals surface area (Å²) in [6.45, 7) is 0.259. The van der Waals surface area contributed by atoms with Gasteiger partial charge in [0.25, 0.3) is 5.56 Å². The second kappa shape index (κ2) is 7.63. The van der Waals surface area contributed by atoms with E-state index in [4.69, 9.17) is 9.47 Å². The summed E-state index contributed by atoms with van der Waals surface area (Å²) in [6, 6.07) is 3.48. The van der Waals surface area contributed by atoms with Crippen molar-refractivity contribution in [2.45, 2.75) is 44.7 Å². The van der Waals surface area contributed by atoms with Crippen LogP contribution in [0.2, 0.25) is 0 Å². The van der Waals surface area contributed by atoms with Crippen LogP contribution in [0.5, 0.6) is 11.5 Å². The third kappa shape index (κ3) is 3.89. The number of H-pyrrole nitrogens is 1. The number of benzene rings is 1. The van der Waals surface area contributed by atoms with Crippen molar-refractivity contribution in [1.29, 1.82) is 0 Å². The Kier molecular flexibility index (Phi) is 5.29. The number of nitrogens with one attached hydrogen (secondary N) is 2. The molecule has 8 nitrogen and oxygen atoms in total. The number of aromatic amines is 1. The smallest absolute Gasteiger partial charge is 0.328 e. The van der Waals surface area contributed by atoms with E-state index in [-0.39, 0.29) is 18.0 Å². The van der Waals surface area contributed by atoms with E-state index < -0.39 is 5.69 Å². The molecule has 3 rings (SSSR count). The quantitative estimate of drug-likeness (QED) is 0.687. The Labute approximate surface area is 150 Å². The second-order valence-electron chi connectivity index (χ2n) is 6.44. The Morgan fingerprint density at radius 2 is 1.88 bits per heavy atom. The Balaban J connectivity index is 1.74. The van der Waals surface area contributed by atoms with Crippen LogP contribution in [0.1, 0.15) is 32.1 Å². The van der Waals surface area contributed by atoms with E-state index in [1.54, 1.807) is 12.1 Å². The molecule has 0 atom stereocenters. The average Bonchev–Trinajstić information content (AvgIpc) is 3.43. The van der Waals surface area contributed by atoms with Gasteiger partial charge in [0, 0.05) is 25.1 Å². The van der Waals surface area contributed by atoms with Crippen LogP contribution < -0.4 is 26.0 Å². The van der Waals surface area contributed by atoms with E-state index in [0.29, 0.717) is 47.7 Å². The van der Waals surface area contributed by atoms with Gasteiger partial charge in [-0.25, -0.2) is 4.79 Å². The third-order valence-electron chi connectivity index (χ3n) is 4.46. The lowest BCUT2D eigenvalue weighted by Crippen LogP contribution is -2.35. The first-order valence-electron chi connectivity index (χ1n) is 8.71. The largest absolute Gasteiger partial charge is 0.493 e. The number of rotatable bonds is 8. The first-order valence-corrected chi connectivity index (χ1v) is 8.71. The second-order valence-corrected chi connectivity index (χ2v) is 6.44. The number of fused-ring (bicyclic) bond motifs is 1. The highest BCUT2D eigenvalue weighted by molar-refractivity contribution is 5.81. The first-order chi connectivity index (χ1) is 12.5. The minimum absolute atomic E-state index is 0.0316.